The standard InChI is InChI=1S/C17H26N2O2/c1-11(20)19-18-10-12-8-13(16(2,3)4)15(21)14(9-12)17(5,6)7/h8-10,21H,1-7H3,(H,19,20). The number of amides is 1. The highest BCUT2D eigenvalue weighted by atomic mass is 16.3. The summed E-state index contributed by atoms with van der Waals surface area (Å²) in [7, 11) is 0. The fourth-order valence-electron chi connectivity index (χ4n) is 2.07. The Labute approximate surface area is 127 Å². The van der Waals surface area contributed by atoms with E-state index in [9.17, 15) is 9.90 Å². The van der Waals surface area contributed by atoms with Crippen LogP contribution in [0, 0.1) is 0 Å². The van der Waals surface area contributed by atoms with Gasteiger partial charge in [0.1, 0.15) is 5.75 Å². The number of rotatable bonds is 2. The zero-order valence-electron chi connectivity index (χ0n) is 14.0. The fourth-order valence-corrected chi connectivity index (χ4v) is 2.07. The molecule has 0 saturated heterocycles. The third-order valence-corrected chi connectivity index (χ3v) is 3.18. The zero-order chi connectivity index (χ0) is 16.4. The molecule has 1 aromatic carbocycles. The van der Waals surface area contributed by atoms with Crippen LogP contribution < -0.4 is 5.43 Å². The summed E-state index contributed by atoms with van der Waals surface area (Å²) in [5.41, 5.74) is 4.64. The first-order valence-corrected chi connectivity index (χ1v) is 7.10. The molecule has 0 aliphatic heterocycles. The van der Waals surface area contributed by atoms with E-state index in [1.165, 1.54) is 6.92 Å². The van der Waals surface area contributed by atoms with Gasteiger partial charge in [0.15, 0.2) is 0 Å². The normalized spacial score (nSPS) is 12.7. The van der Waals surface area contributed by atoms with Crippen LogP contribution in [0.5, 0.6) is 5.75 Å². The van der Waals surface area contributed by atoms with Crippen LogP contribution in [0.2, 0.25) is 0 Å². The highest BCUT2D eigenvalue weighted by Crippen LogP contribution is 2.39. The molecule has 0 radical (unpaired) electrons. The molecule has 2 N–H and O–H groups in total. The quantitative estimate of drug-likeness (QED) is 0.647. The Morgan fingerprint density at radius 1 is 1.10 bits per heavy atom. The first-order chi connectivity index (χ1) is 9.43. The summed E-state index contributed by atoms with van der Waals surface area (Å²) in [6.07, 6.45) is 1.60. The molecule has 0 atom stereocenters. The van der Waals surface area contributed by atoms with Crippen LogP contribution in [-0.4, -0.2) is 17.2 Å². The summed E-state index contributed by atoms with van der Waals surface area (Å²) in [6.45, 7) is 13.8. The average Bonchev–Trinajstić information content (AvgIpc) is 2.27. The van der Waals surface area contributed by atoms with Gasteiger partial charge in [-0.05, 0) is 28.5 Å². The summed E-state index contributed by atoms with van der Waals surface area (Å²) in [5, 5.41) is 14.5. The van der Waals surface area contributed by atoms with E-state index in [1.807, 2.05) is 12.1 Å². The molecule has 0 spiro atoms. The monoisotopic (exact) mass is 290 g/mol. The third kappa shape index (κ3) is 4.59. The number of phenolic OH excluding ortho intramolecular Hbond substituents is 1. The molecule has 116 valence electrons. The number of carbonyl (C=O) groups excluding carboxylic acids is 1. The van der Waals surface area contributed by atoms with Crippen LogP contribution in [0.3, 0.4) is 0 Å². The predicted octanol–water partition coefficient (Wildman–Crippen LogP) is 3.46. The van der Waals surface area contributed by atoms with Crippen LogP contribution in [0.4, 0.5) is 0 Å². The summed E-state index contributed by atoms with van der Waals surface area (Å²) < 4.78 is 0. The molecule has 1 rings (SSSR count). The SMILES string of the molecule is CC(=O)NN=Cc1cc(C(C)(C)C)c(O)c(C(C)(C)C)c1. The minimum absolute atomic E-state index is 0.179. The minimum Gasteiger partial charge on any atom is -0.507 e. The van der Waals surface area contributed by atoms with E-state index in [2.05, 4.69) is 52.1 Å². The highest BCUT2D eigenvalue weighted by molar-refractivity contribution is 5.83. The van der Waals surface area contributed by atoms with Crippen LogP contribution in [0.25, 0.3) is 0 Å². The van der Waals surface area contributed by atoms with Gasteiger partial charge in [-0.15, -0.1) is 0 Å². The van der Waals surface area contributed by atoms with Gasteiger partial charge in [-0.2, -0.15) is 5.10 Å². The minimum atomic E-state index is -0.211. The van der Waals surface area contributed by atoms with E-state index in [-0.39, 0.29) is 16.7 Å². The van der Waals surface area contributed by atoms with Crippen molar-refractivity contribution in [3.63, 3.8) is 0 Å². The lowest BCUT2D eigenvalue weighted by Gasteiger charge is -2.27. The fraction of sp³-hybridized carbons (Fsp3) is 0.529. The van der Waals surface area contributed by atoms with Crippen molar-refractivity contribution in [1.29, 1.82) is 0 Å². The molecule has 0 unspecified atom stereocenters. The van der Waals surface area contributed by atoms with Crippen molar-refractivity contribution in [3.05, 3.63) is 28.8 Å². The van der Waals surface area contributed by atoms with Gasteiger partial charge in [0, 0.05) is 18.1 Å². The second-order valence-electron chi connectivity index (χ2n) is 7.39. The number of aromatic hydroxyl groups is 1. The van der Waals surface area contributed by atoms with Gasteiger partial charge in [0.2, 0.25) is 5.91 Å². The number of nitrogens with zero attached hydrogens (tertiary/aromatic N) is 1. The second-order valence-corrected chi connectivity index (χ2v) is 7.39. The van der Waals surface area contributed by atoms with Crippen LogP contribution in [-0.2, 0) is 15.6 Å². The lowest BCUT2D eigenvalue weighted by atomic mass is 9.78. The first-order valence-electron chi connectivity index (χ1n) is 7.10. The second kappa shape index (κ2) is 5.88. The van der Waals surface area contributed by atoms with Crippen molar-refractivity contribution < 1.29 is 9.90 Å². The number of hydrogen-bond donors (Lipinski definition) is 2. The van der Waals surface area contributed by atoms with Gasteiger partial charge >= 0.3 is 0 Å². The van der Waals surface area contributed by atoms with Gasteiger partial charge in [-0.3, -0.25) is 4.79 Å². The van der Waals surface area contributed by atoms with E-state index < -0.39 is 0 Å². The van der Waals surface area contributed by atoms with Gasteiger partial charge < -0.3 is 5.11 Å². The number of hydrazone groups is 1. The van der Waals surface area contributed by atoms with Gasteiger partial charge in [-0.1, -0.05) is 41.5 Å². The van der Waals surface area contributed by atoms with E-state index >= 15 is 0 Å². The number of carbonyl (C=O) groups is 1. The Balaban J connectivity index is 3.41. The molecule has 0 bridgehead atoms. The average molecular weight is 290 g/mol. The molecule has 0 saturated carbocycles. The van der Waals surface area contributed by atoms with Crippen LogP contribution >= 0.6 is 0 Å². The van der Waals surface area contributed by atoms with E-state index in [1.54, 1.807) is 6.21 Å². The molecule has 4 nitrogen and oxygen atoms in total. The Bertz CT molecular complexity index is 526. The molecule has 1 amide bonds. The lowest BCUT2D eigenvalue weighted by molar-refractivity contribution is -0.118. The summed E-state index contributed by atoms with van der Waals surface area (Å²) >= 11 is 0. The van der Waals surface area contributed by atoms with Gasteiger partial charge in [0.05, 0.1) is 6.21 Å². The zero-order valence-corrected chi connectivity index (χ0v) is 14.0. The lowest BCUT2D eigenvalue weighted by Crippen LogP contribution is -2.18. The summed E-state index contributed by atoms with van der Waals surface area (Å²) in [5.74, 6) is 0.129. The van der Waals surface area contributed by atoms with E-state index in [0.717, 1.165) is 16.7 Å². The molecule has 0 fully saturated rings. The van der Waals surface area contributed by atoms with Gasteiger partial charge in [0.25, 0.3) is 0 Å². The van der Waals surface area contributed by atoms with Crippen LogP contribution in [0.15, 0.2) is 17.2 Å². The smallest absolute Gasteiger partial charge is 0.236 e. The largest absolute Gasteiger partial charge is 0.507 e. The van der Waals surface area contributed by atoms with E-state index in [4.69, 9.17) is 0 Å². The molecular weight excluding hydrogens is 264 g/mol. The van der Waals surface area contributed by atoms with E-state index in [0.29, 0.717) is 5.75 Å². The Morgan fingerprint density at radius 2 is 1.52 bits per heavy atom. The maximum absolute atomic E-state index is 10.9. The Morgan fingerprint density at radius 3 is 1.86 bits per heavy atom. The molecule has 21 heavy (non-hydrogen) atoms. The molecule has 1 aromatic rings. The maximum atomic E-state index is 10.9. The van der Waals surface area contributed by atoms with Crippen molar-refractivity contribution in [1.82, 2.24) is 5.43 Å². The Kier molecular flexibility index (Phi) is 4.82. The molecule has 0 heterocycles. The molecule has 0 aromatic heterocycles. The summed E-state index contributed by atoms with van der Waals surface area (Å²) in [4.78, 5) is 10.9. The van der Waals surface area contributed by atoms with Crippen molar-refractivity contribution >= 4 is 12.1 Å². The van der Waals surface area contributed by atoms with Crippen molar-refractivity contribution in [2.24, 2.45) is 5.10 Å². The molecule has 4 heteroatoms. The predicted molar refractivity (Wildman–Crippen MR) is 86.9 cm³/mol. The molecule has 0 aliphatic rings. The maximum Gasteiger partial charge on any atom is 0.236 e. The van der Waals surface area contributed by atoms with Gasteiger partial charge in [-0.25, -0.2) is 5.43 Å². The van der Waals surface area contributed by atoms with Crippen molar-refractivity contribution in [3.8, 4) is 5.75 Å². The topological polar surface area (TPSA) is 61.7 Å². The number of benzene rings is 1. The summed E-state index contributed by atoms with van der Waals surface area (Å²) in [6, 6.07) is 3.83. The third-order valence-electron chi connectivity index (χ3n) is 3.18. The van der Waals surface area contributed by atoms with Crippen molar-refractivity contribution in [2.75, 3.05) is 0 Å². The van der Waals surface area contributed by atoms with Crippen molar-refractivity contribution in [2.45, 2.75) is 59.3 Å². The van der Waals surface area contributed by atoms with Crippen LogP contribution in [0.1, 0.15) is 65.2 Å². The number of phenols is 1. The number of nitrogens with one attached hydrogen (secondary N) is 1. The number of hydrogen-bond acceptors (Lipinski definition) is 3. The molecular formula is C17H26N2O2. The highest BCUT2D eigenvalue weighted by Gasteiger charge is 2.26. The Hall–Kier alpha value is -1.84. The molecule has 0 aliphatic carbocycles. The first kappa shape index (κ1) is 17.2.